The fourth-order valence-electron chi connectivity index (χ4n) is 3.93. The van der Waals surface area contributed by atoms with Crippen LogP contribution in [0.15, 0.2) is 54.6 Å². The molecule has 0 atom stereocenters. The Kier molecular flexibility index (Phi) is 5.88. The zero-order valence-electron chi connectivity index (χ0n) is 17.2. The van der Waals surface area contributed by atoms with E-state index in [1.54, 1.807) is 24.3 Å². The van der Waals surface area contributed by atoms with Gasteiger partial charge in [0.1, 0.15) is 5.82 Å². The Morgan fingerprint density at radius 3 is 2.18 bits per heavy atom. The highest BCUT2D eigenvalue weighted by Gasteiger charge is 2.34. The van der Waals surface area contributed by atoms with E-state index in [4.69, 9.17) is 0 Å². The second-order valence-corrected chi connectivity index (χ2v) is 7.65. The number of nitrogens with one attached hydrogen (secondary N) is 1. The summed E-state index contributed by atoms with van der Waals surface area (Å²) >= 11 is 0. The number of hydrogen-bond acceptors (Lipinski definition) is 3. The average Bonchev–Trinajstić information content (AvgIpc) is 2.78. The molecule has 3 aromatic rings. The first-order valence-corrected chi connectivity index (χ1v) is 10.2. The van der Waals surface area contributed by atoms with Gasteiger partial charge in [-0.1, -0.05) is 30.3 Å². The number of amides is 3. The van der Waals surface area contributed by atoms with E-state index >= 15 is 0 Å². The topological polar surface area (TPSA) is 66.5 Å². The molecule has 0 unspecified atom stereocenters. The molecule has 0 radical (unpaired) electrons. The van der Waals surface area contributed by atoms with Crippen LogP contribution in [0.25, 0.3) is 10.8 Å². The van der Waals surface area contributed by atoms with E-state index in [9.17, 15) is 31.9 Å². The first-order chi connectivity index (χ1) is 15.7. The van der Waals surface area contributed by atoms with Gasteiger partial charge in [-0.15, -0.1) is 0 Å². The van der Waals surface area contributed by atoms with Crippen LogP contribution < -0.4 is 5.32 Å². The van der Waals surface area contributed by atoms with Crippen molar-refractivity contribution in [3.05, 3.63) is 82.7 Å². The van der Waals surface area contributed by atoms with Gasteiger partial charge in [0.05, 0.1) is 5.56 Å². The summed E-state index contributed by atoms with van der Waals surface area (Å²) in [6.07, 6.45) is -4.72. The average molecular weight is 458 g/mol. The van der Waals surface area contributed by atoms with Crippen molar-refractivity contribution >= 4 is 28.5 Å². The second kappa shape index (κ2) is 8.65. The Morgan fingerprint density at radius 1 is 0.939 bits per heavy atom. The van der Waals surface area contributed by atoms with E-state index < -0.39 is 41.8 Å². The molecular weight excluding hydrogens is 440 g/mol. The Morgan fingerprint density at radius 2 is 1.58 bits per heavy atom. The summed E-state index contributed by atoms with van der Waals surface area (Å²) in [5, 5.41) is 3.76. The highest BCUT2D eigenvalue weighted by Crippen LogP contribution is 2.33. The quantitative estimate of drug-likeness (QED) is 0.431. The molecule has 3 aromatic carbocycles. The first-order valence-electron chi connectivity index (χ1n) is 10.2. The molecule has 5 nitrogen and oxygen atoms in total. The third-order valence-electron chi connectivity index (χ3n) is 5.49. The van der Waals surface area contributed by atoms with E-state index in [0.717, 1.165) is 22.4 Å². The first kappa shape index (κ1) is 22.4. The predicted molar refractivity (Wildman–Crippen MR) is 112 cm³/mol. The Labute approximate surface area is 186 Å². The van der Waals surface area contributed by atoms with Crippen LogP contribution in [0.3, 0.4) is 0 Å². The molecule has 9 heteroatoms. The van der Waals surface area contributed by atoms with Crippen LogP contribution in [-0.2, 0) is 17.5 Å². The lowest BCUT2D eigenvalue weighted by Crippen LogP contribution is -2.41. The third-order valence-corrected chi connectivity index (χ3v) is 5.49. The second-order valence-electron chi connectivity index (χ2n) is 7.65. The monoisotopic (exact) mass is 458 g/mol. The van der Waals surface area contributed by atoms with Gasteiger partial charge in [0.15, 0.2) is 0 Å². The number of carbonyl (C=O) groups is 3. The summed E-state index contributed by atoms with van der Waals surface area (Å²) in [7, 11) is 0. The number of nitrogens with zero attached hydrogens (tertiary/aromatic N) is 1. The molecule has 0 aliphatic carbocycles. The molecule has 0 fully saturated rings. The SMILES string of the molecule is O=C(CCCN1C(=O)c2cccc3cccc(c23)C1=O)NCc1ccc(F)cc1C(F)(F)F. The summed E-state index contributed by atoms with van der Waals surface area (Å²) in [6.45, 7) is -0.439. The third kappa shape index (κ3) is 4.44. The minimum atomic E-state index is -4.75. The van der Waals surface area contributed by atoms with Crippen LogP contribution >= 0.6 is 0 Å². The zero-order valence-corrected chi connectivity index (χ0v) is 17.2. The number of carbonyl (C=O) groups excluding carboxylic acids is 3. The maximum Gasteiger partial charge on any atom is 0.416 e. The molecule has 1 N–H and O–H groups in total. The van der Waals surface area contributed by atoms with E-state index in [1.807, 2.05) is 12.1 Å². The highest BCUT2D eigenvalue weighted by molar-refractivity contribution is 6.25. The predicted octanol–water partition coefficient (Wildman–Crippen LogP) is 4.69. The fourth-order valence-corrected chi connectivity index (χ4v) is 3.93. The van der Waals surface area contributed by atoms with Crippen LogP contribution in [0, 0.1) is 5.82 Å². The number of hydrogen-bond donors (Lipinski definition) is 1. The molecule has 3 amide bonds. The number of halogens is 4. The van der Waals surface area contributed by atoms with Crippen LogP contribution in [-0.4, -0.2) is 29.2 Å². The molecule has 170 valence electrons. The van der Waals surface area contributed by atoms with Gasteiger partial charge in [0.25, 0.3) is 11.8 Å². The van der Waals surface area contributed by atoms with Crippen molar-refractivity contribution in [3.63, 3.8) is 0 Å². The van der Waals surface area contributed by atoms with E-state index in [2.05, 4.69) is 5.32 Å². The van der Waals surface area contributed by atoms with Crippen molar-refractivity contribution in [1.29, 1.82) is 0 Å². The Bertz CT molecular complexity index is 1220. The molecule has 0 spiro atoms. The minimum absolute atomic E-state index is 0.0137. The van der Waals surface area contributed by atoms with Crippen molar-refractivity contribution < 1.29 is 31.9 Å². The molecule has 0 saturated heterocycles. The standard InChI is InChI=1S/C24H18F4N2O3/c25-16-10-9-15(19(12-16)24(26,27)28)13-29-20(31)8-3-11-30-22(32)17-6-1-4-14-5-2-7-18(21(14)17)23(30)33/h1-2,4-7,9-10,12H,3,8,11,13H2,(H,29,31). The lowest BCUT2D eigenvalue weighted by molar-refractivity contribution is -0.138. The van der Waals surface area contributed by atoms with Crippen molar-refractivity contribution in [2.75, 3.05) is 6.54 Å². The maximum absolute atomic E-state index is 13.2. The molecule has 4 rings (SSSR count). The summed E-state index contributed by atoms with van der Waals surface area (Å²) in [4.78, 5) is 38.9. The van der Waals surface area contributed by atoms with Crippen molar-refractivity contribution in [3.8, 4) is 0 Å². The van der Waals surface area contributed by atoms with Gasteiger partial charge in [0, 0.05) is 36.0 Å². The molecule has 0 bridgehead atoms. The lowest BCUT2D eigenvalue weighted by atomic mass is 9.94. The van der Waals surface area contributed by atoms with Gasteiger partial charge in [0.2, 0.25) is 5.91 Å². The normalized spacial score (nSPS) is 13.5. The maximum atomic E-state index is 13.2. The summed E-state index contributed by atoms with van der Waals surface area (Å²) in [5.74, 6) is -2.48. The minimum Gasteiger partial charge on any atom is -0.352 e. The molecule has 0 aromatic heterocycles. The molecule has 1 aliphatic rings. The Balaban J connectivity index is 1.37. The van der Waals surface area contributed by atoms with Gasteiger partial charge < -0.3 is 5.32 Å². The van der Waals surface area contributed by atoms with Crippen LogP contribution in [0.5, 0.6) is 0 Å². The van der Waals surface area contributed by atoms with Crippen molar-refractivity contribution in [2.45, 2.75) is 25.6 Å². The molecule has 1 heterocycles. The molecule has 33 heavy (non-hydrogen) atoms. The van der Waals surface area contributed by atoms with E-state index in [1.165, 1.54) is 0 Å². The van der Waals surface area contributed by atoms with Crippen LogP contribution in [0.2, 0.25) is 0 Å². The van der Waals surface area contributed by atoms with Gasteiger partial charge in [-0.3, -0.25) is 19.3 Å². The smallest absolute Gasteiger partial charge is 0.352 e. The van der Waals surface area contributed by atoms with Crippen molar-refractivity contribution in [2.24, 2.45) is 0 Å². The number of benzene rings is 3. The number of imide groups is 1. The summed E-state index contributed by atoms with van der Waals surface area (Å²) in [5.41, 5.74) is -0.602. The van der Waals surface area contributed by atoms with Gasteiger partial charge in [-0.2, -0.15) is 13.2 Å². The van der Waals surface area contributed by atoms with E-state index in [-0.39, 0.29) is 24.9 Å². The molecule has 1 aliphatic heterocycles. The van der Waals surface area contributed by atoms with Gasteiger partial charge in [-0.25, -0.2) is 4.39 Å². The van der Waals surface area contributed by atoms with Gasteiger partial charge in [-0.05, 0) is 41.6 Å². The summed E-state index contributed by atoms with van der Waals surface area (Å²) < 4.78 is 52.4. The summed E-state index contributed by atoms with van der Waals surface area (Å²) in [6, 6.07) is 12.6. The molecular formula is C24H18F4N2O3. The van der Waals surface area contributed by atoms with Crippen LogP contribution in [0.1, 0.15) is 44.7 Å². The van der Waals surface area contributed by atoms with Gasteiger partial charge >= 0.3 is 6.18 Å². The highest BCUT2D eigenvalue weighted by atomic mass is 19.4. The number of alkyl halides is 3. The van der Waals surface area contributed by atoms with Crippen molar-refractivity contribution in [1.82, 2.24) is 10.2 Å². The number of rotatable bonds is 6. The Hall–Kier alpha value is -3.75. The lowest BCUT2D eigenvalue weighted by Gasteiger charge is -2.27. The van der Waals surface area contributed by atoms with E-state index in [0.29, 0.717) is 22.6 Å². The van der Waals surface area contributed by atoms with Crippen LogP contribution in [0.4, 0.5) is 17.6 Å². The molecule has 0 saturated carbocycles. The fraction of sp³-hybridized carbons (Fsp3) is 0.208. The largest absolute Gasteiger partial charge is 0.416 e. The zero-order chi connectivity index (χ0) is 23.8.